The Labute approximate surface area is 162 Å². The van der Waals surface area contributed by atoms with Crippen LogP contribution in [0.5, 0.6) is 0 Å². The molecule has 5 nitrogen and oxygen atoms in total. The van der Waals surface area contributed by atoms with Crippen molar-refractivity contribution in [2.24, 2.45) is 0 Å². The van der Waals surface area contributed by atoms with E-state index in [0.29, 0.717) is 38.3 Å². The average Bonchev–Trinajstić information content (AvgIpc) is 2.90. The van der Waals surface area contributed by atoms with Crippen LogP contribution >= 0.6 is 0 Å². The number of hydrogen-bond acceptors (Lipinski definition) is 4. The highest BCUT2D eigenvalue weighted by molar-refractivity contribution is 5.77. The first-order chi connectivity index (χ1) is 13.3. The van der Waals surface area contributed by atoms with Crippen LogP contribution in [0.4, 0.5) is 0 Å². The fourth-order valence-electron chi connectivity index (χ4n) is 4.91. The maximum atomic E-state index is 12.1. The summed E-state index contributed by atoms with van der Waals surface area (Å²) in [5, 5.41) is 6.84. The normalized spacial score (nSPS) is 34.8. The van der Waals surface area contributed by atoms with Crippen LogP contribution in [0.1, 0.15) is 56.4 Å². The van der Waals surface area contributed by atoms with Crippen LogP contribution < -0.4 is 10.6 Å². The zero-order valence-electron chi connectivity index (χ0n) is 16.1. The number of amides is 1. The first-order valence-electron chi connectivity index (χ1n) is 10.5. The Morgan fingerprint density at radius 3 is 2.78 bits per heavy atom. The minimum Gasteiger partial charge on any atom is -0.378 e. The van der Waals surface area contributed by atoms with Crippen molar-refractivity contribution in [3.63, 3.8) is 0 Å². The van der Waals surface area contributed by atoms with Gasteiger partial charge in [-0.15, -0.1) is 0 Å². The van der Waals surface area contributed by atoms with Crippen LogP contribution in [0.3, 0.4) is 0 Å². The monoisotopic (exact) mass is 372 g/mol. The number of ether oxygens (including phenoxy) is 2. The predicted molar refractivity (Wildman–Crippen MR) is 105 cm³/mol. The molecular weight excluding hydrogens is 340 g/mol. The lowest BCUT2D eigenvalue weighted by molar-refractivity contribution is -0.123. The molecule has 148 valence electrons. The maximum Gasteiger partial charge on any atom is 0.222 e. The van der Waals surface area contributed by atoms with Crippen LogP contribution in [-0.2, 0) is 14.3 Å². The second-order valence-electron chi connectivity index (χ2n) is 8.33. The lowest BCUT2D eigenvalue weighted by Crippen LogP contribution is -2.67. The summed E-state index contributed by atoms with van der Waals surface area (Å²) in [7, 11) is 0. The van der Waals surface area contributed by atoms with E-state index in [1.807, 2.05) is 0 Å². The van der Waals surface area contributed by atoms with E-state index < -0.39 is 0 Å². The van der Waals surface area contributed by atoms with Crippen LogP contribution in [0, 0.1) is 0 Å². The maximum absolute atomic E-state index is 12.1. The SMILES string of the molecule is O=C1CCOC[C@@]2(CCCN[C@H]2COC2CCC(c3ccccc3)CC2)N1. The second-order valence-corrected chi connectivity index (χ2v) is 8.33. The molecular formula is C22H32N2O3. The molecule has 2 N–H and O–H groups in total. The zero-order chi connectivity index (χ0) is 18.5. The molecule has 0 bridgehead atoms. The van der Waals surface area contributed by atoms with Crippen molar-refractivity contribution >= 4 is 5.91 Å². The van der Waals surface area contributed by atoms with Crippen LogP contribution in [-0.4, -0.2) is 50.0 Å². The largest absolute Gasteiger partial charge is 0.378 e. The molecule has 5 heteroatoms. The summed E-state index contributed by atoms with van der Waals surface area (Å²) in [6, 6.07) is 11.0. The van der Waals surface area contributed by atoms with E-state index in [2.05, 4.69) is 41.0 Å². The van der Waals surface area contributed by atoms with Crippen molar-refractivity contribution in [1.29, 1.82) is 0 Å². The van der Waals surface area contributed by atoms with Gasteiger partial charge in [0.2, 0.25) is 5.91 Å². The summed E-state index contributed by atoms with van der Waals surface area (Å²) >= 11 is 0. The first kappa shape index (κ1) is 18.9. The van der Waals surface area contributed by atoms with Crippen molar-refractivity contribution in [2.75, 3.05) is 26.4 Å². The van der Waals surface area contributed by atoms with Gasteiger partial charge in [0.25, 0.3) is 0 Å². The van der Waals surface area contributed by atoms with Crippen molar-refractivity contribution in [3.8, 4) is 0 Å². The van der Waals surface area contributed by atoms with Crippen LogP contribution in [0.15, 0.2) is 30.3 Å². The molecule has 1 spiro atoms. The summed E-state index contributed by atoms with van der Waals surface area (Å²) in [6.07, 6.45) is 7.41. The van der Waals surface area contributed by atoms with E-state index in [1.54, 1.807) is 0 Å². The van der Waals surface area contributed by atoms with Crippen molar-refractivity contribution in [1.82, 2.24) is 10.6 Å². The van der Waals surface area contributed by atoms with Crippen molar-refractivity contribution < 1.29 is 14.3 Å². The topological polar surface area (TPSA) is 59.6 Å². The fraction of sp³-hybridized carbons (Fsp3) is 0.682. The second kappa shape index (κ2) is 8.72. The van der Waals surface area contributed by atoms with Gasteiger partial charge in [-0.3, -0.25) is 4.79 Å². The molecule has 0 aromatic heterocycles. The van der Waals surface area contributed by atoms with Gasteiger partial charge in [0, 0.05) is 6.42 Å². The average molecular weight is 373 g/mol. The van der Waals surface area contributed by atoms with Crippen molar-refractivity contribution in [2.45, 2.75) is 68.5 Å². The molecule has 2 saturated heterocycles. The molecule has 4 rings (SSSR count). The predicted octanol–water partition coefficient (Wildman–Crippen LogP) is 2.76. The van der Waals surface area contributed by atoms with E-state index in [9.17, 15) is 4.79 Å². The smallest absolute Gasteiger partial charge is 0.222 e. The zero-order valence-corrected chi connectivity index (χ0v) is 16.1. The molecule has 1 saturated carbocycles. The van der Waals surface area contributed by atoms with Gasteiger partial charge in [-0.1, -0.05) is 30.3 Å². The molecule has 3 fully saturated rings. The number of hydrogen-bond donors (Lipinski definition) is 2. The number of piperidine rings is 1. The van der Waals surface area contributed by atoms with Gasteiger partial charge in [0.05, 0.1) is 37.5 Å². The Kier molecular flexibility index (Phi) is 6.11. The third-order valence-electron chi connectivity index (χ3n) is 6.52. The van der Waals surface area contributed by atoms with Gasteiger partial charge in [-0.2, -0.15) is 0 Å². The molecule has 2 atom stereocenters. The van der Waals surface area contributed by atoms with Crippen LogP contribution in [0.25, 0.3) is 0 Å². The molecule has 1 aromatic rings. The van der Waals surface area contributed by atoms with Gasteiger partial charge in [-0.25, -0.2) is 0 Å². The lowest BCUT2D eigenvalue weighted by Gasteiger charge is -2.44. The number of carbonyl (C=O) groups excluding carboxylic acids is 1. The van der Waals surface area contributed by atoms with Gasteiger partial charge in [0.15, 0.2) is 0 Å². The number of rotatable bonds is 4. The molecule has 3 aliphatic rings. The minimum absolute atomic E-state index is 0.101. The summed E-state index contributed by atoms with van der Waals surface area (Å²) in [5.74, 6) is 0.768. The van der Waals surface area contributed by atoms with Gasteiger partial charge in [-0.05, 0) is 56.6 Å². The third-order valence-corrected chi connectivity index (χ3v) is 6.52. The van der Waals surface area contributed by atoms with Crippen molar-refractivity contribution in [3.05, 3.63) is 35.9 Å². The summed E-state index contributed by atoms with van der Waals surface area (Å²) in [4.78, 5) is 12.1. The Bertz CT molecular complexity index is 615. The minimum atomic E-state index is -0.312. The Hall–Kier alpha value is -1.43. The fourth-order valence-corrected chi connectivity index (χ4v) is 4.91. The highest BCUT2D eigenvalue weighted by Crippen LogP contribution is 2.34. The Morgan fingerprint density at radius 1 is 1.15 bits per heavy atom. The molecule has 0 radical (unpaired) electrons. The standard InChI is InChI=1S/C22H32N2O3/c25-21-11-14-26-16-22(24-21)12-4-13-23-20(22)15-27-19-9-7-18(8-10-19)17-5-2-1-3-6-17/h1-3,5-6,18-20,23H,4,7-16H2,(H,24,25)/t18?,19?,20-,22+/m0/s1. The summed E-state index contributed by atoms with van der Waals surface area (Å²) < 4.78 is 12.1. The lowest BCUT2D eigenvalue weighted by atomic mass is 9.82. The molecule has 1 aromatic carbocycles. The van der Waals surface area contributed by atoms with E-state index in [1.165, 1.54) is 18.4 Å². The van der Waals surface area contributed by atoms with Gasteiger partial charge >= 0.3 is 0 Å². The molecule has 2 aliphatic heterocycles. The highest BCUT2D eigenvalue weighted by atomic mass is 16.5. The summed E-state index contributed by atoms with van der Waals surface area (Å²) in [5.41, 5.74) is 1.15. The highest BCUT2D eigenvalue weighted by Gasteiger charge is 2.43. The van der Waals surface area contributed by atoms with Crippen LogP contribution in [0.2, 0.25) is 0 Å². The number of nitrogens with one attached hydrogen (secondary N) is 2. The first-order valence-corrected chi connectivity index (χ1v) is 10.5. The molecule has 0 unspecified atom stereocenters. The molecule has 27 heavy (non-hydrogen) atoms. The number of benzene rings is 1. The Balaban J connectivity index is 1.31. The quantitative estimate of drug-likeness (QED) is 0.853. The van der Waals surface area contributed by atoms with Gasteiger partial charge in [0.1, 0.15) is 0 Å². The Morgan fingerprint density at radius 2 is 1.96 bits per heavy atom. The number of carbonyl (C=O) groups is 1. The van der Waals surface area contributed by atoms with E-state index >= 15 is 0 Å². The van der Waals surface area contributed by atoms with E-state index in [0.717, 1.165) is 32.2 Å². The molecule has 1 aliphatic carbocycles. The summed E-state index contributed by atoms with van der Waals surface area (Å²) in [6.45, 7) is 2.72. The van der Waals surface area contributed by atoms with E-state index in [-0.39, 0.29) is 17.5 Å². The molecule has 1 amide bonds. The molecule has 2 heterocycles. The van der Waals surface area contributed by atoms with E-state index in [4.69, 9.17) is 9.47 Å². The third kappa shape index (κ3) is 4.53. The van der Waals surface area contributed by atoms with Gasteiger partial charge < -0.3 is 20.1 Å².